The van der Waals surface area contributed by atoms with Gasteiger partial charge in [0.1, 0.15) is 11.6 Å². The molecule has 1 fully saturated rings. The molecule has 1 saturated heterocycles. The zero-order valence-electron chi connectivity index (χ0n) is 17.8. The number of ketones is 1. The van der Waals surface area contributed by atoms with E-state index in [-0.39, 0.29) is 23.5 Å². The van der Waals surface area contributed by atoms with Crippen LogP contribution in [0.5, 0.6) is 5.75 Å². The molecule has 0 unspecified atom stereocenters. The van der Waals surface area contributed by atoms with Gasteiger partial charge < -0.3 is 19.4 Å². The molecule has 168 valence electrons. The number of thioether (sulfide) groups is 1. The van der Waals surface area contributed by atoms with E-state index in [2.05, 4.69) is 15.5 Å². The highest BCUT2D eigenvalue weighted by molar-refractivity contribution is 7.99. The molecule has 1 N–H and O–H groups in total. The lowest BCUT2D eigenvalue weighted by Gasteiger charge is -2.15. The smallest absolute Gasteiger partial charge is 0.191 e. The molecule has 7 nitrogen and oxygen atoms in total. The van der Waals surface area contributed by atoms with Crippen molar-refractivity contribution in [1.29, 1.82) is 0 Å². The van der Waals surface area contributed by atoms with E-state index in [9.17, 15) is 9.18 Å². The van der Waals surface area contributed by atoms with Crippen molar-refractivity contribution in [3.63, 3.8) is 0 Å². The second-order valence-electron chi connectivity index (χ2n) is 7.45. The van der Waals surface area contributed by atoms with Gasteiger partial charge in [0.2, 0.25) is 0 Å². The van der Waals surface area contributed by atoms with E-state index in [0.717, 1.165) is 31.0 Å². The molecule has 0 bridgehead atoms. The molecule has 2 heterocycles. The van der Waals surface area contributed by atoms with Crippen LogP contribution in [0.3, 0.4) is 0 Å². The standard InChI is InChI=1S/C23H25FN4O3S/c1-30-19-10-4-16(5-11-19)21(29)15-32-23-27-26-22(28(23)14-20-3-2-12-31-20)13-25-18-8-6-17(24)7-9-18/h4-11,20,25H,2-3,12-15H2,1H3/t20-/m1/s1. The Morgan fingerprint density at radius 3 is 2.69 bits per heavy atom. The number of methoxy groups -OCH3 is 1. The van der Waals surface area contributed by atoms with E-state index in [1.807, 2.05) is 4.57 Å². The van der Waals surface area contributed by atoms with Crippen molar-refractivity contribution in [1.82, 2.24) is 14.8 Å². The molecule has 4 rings (SSSR count). The lowest BCUT2D eigenvalue weighted by atomic mass is 10.1. The maximum atomic E-state index is 13.2. The van der Waals surface area contributed by atoms with Crippen LogP contribution >= 0.6 is 11.8 Å². The Hall–Kier alpha value is -2.91. The number of ether oxygens (including phenoxy) is 2. The van der Waals surface area contributed by atoms with Crippen molar-refractivity contribution in [3.8, 4) is 5.75 Å². The number of anilines is 1. The third-order valence-corrected chi connectivity index (χ3v) is 6.21. The summed E-state index contributed by atoms with van der Waals surface area (Å²) < 4.78 is 26.1. The third kappa shape index (κ3) is 5.66. The van der Waals surface area contributed by atoms with Gasteiger partial charge in [0.05, 0.1) is 32.1 Å². The highest BCUT2D eigenvalue weighted by Gasteiger charge is 2.21. The molecule has 2 aromatic carbocycles. The van der Waals surface area contributed by atoms with Crippen molar-refractivity contribution in [2.24, 2.45) is 0 Å². The largest absolute Gasteiger partial charge is 0.497 e. The first-order chi connectivity index (χ1) is 15.6. The zero-order valence-corrected chi connectivity index (χ0v) is 18.6. The highest BCUT2D eigenvalue weighted by atomic mass is 32.2. The van der Waals surface area contributed by atoms with Gasteiger partial charge in [-0.3, -0.25) is 4.79 Å². The van der Waals surface area contributed by atoms with E-state index in [1.165, 1.54) is 23.9 Å². The van der Waals surface area contributed by atoms with Crippen LogP contribution in [0.4, 0.5) is 10.1 Å². The summed E-state index contributed by atoms with van der Waals surface area (Å²) >= 11 is 1.36. The summed E-state index contributed by atoms with van der Waals surface area (Å²) in [6, 6.07) is 13.2. The Morgan fingerprint density at radius 2 is 2.00 bits per heavy atom. The van der Waals surface area contributed by atoms with Gasteiger partial charge in [-0.2, -0.15) is 0 Å². The highest BCUT2D eigenvalue weighted by Crippen LogP contribution is 2.23. The Labute approximate surface area is 190 Å². The molecule has 32 heavy (non-hydrogen) atoms. The topological polar surface area (TPSA) is 78.3 Å². The van der Waals surface area contributed by atoms with Crippen molar-refractivity contribution >= 4 is 23.2 Å². The number of nitrogens with one attached hydrogen (secondary N) is 1. The summed E-state index contributed by atoms with van der Waals surface area (Å²) in [7, 11) is 1.59. The summed E-state index contributed by atoms with van der Waals surface area (Å²) in [6.45, 7) is 1.82. The number of Topliss-reactive ketones (excluding diaryl/α,β-unsaturated/α-hetero) is 1. The van der Waals surface area contributed by atoms with Crippen LogP contribution in [0.25, 0.3) is 0 Å². The van der Waals surface area contributed by atoms with Gasteiger partial charge in [0.15, 0.2) is 16.8 Å². The van der Waals surface area contributed by atoms with E-state index in [4.69, 9.17) is 9.47 Å². The van der Waals surface area contributed by atoms with Crippen LogP contribution in [-0.4, -0.2) is 46.1 Å². The van der Waals surface area contributed by atoms with Crippen LogP contribution in [-0.2, 0) is 17.8 Å². The maximum Gasteiger partial charge on any atom is 0.191 e. The predicted octanol–water partition coefficient (Wildman–Crippen LogP) is 4.19. The molecule has 1 aliphatic heterocycles. The molecule has 1 atom stereocenters. The molecule has 0 aliphatic carbocycles. The molecule has 0 amide bonds. The predicted molar refractivity (Wildman–Crippen MR) is 121 cm³/mol. The Balaban J connectivity index is 1.44. The number of benzene rings is 2. The lowest BCUT2D eigenvalue weighted by Crippen LogP contribution is -2.19. The first-order valence-corrected chi connectivity index (χ1v) is 11.4. The number of rotatable bonds is 10. The summed E-state index contributed by atoms with van der Waals surface area (Å²) in [5.74, 6) is 1.43. The molecule has 0 saturated carbocycles. The molecule has 1 aromatic heterocycles. The molecule has 9 heteroatoms. The lowest BCUT2D eigenvalue weighted by molar-refractivity contribution is 0.0942. The minimum absolute atomic E-state index is 0.00954. The zero-order chi connectivity index (χ0) is 22.3. The second kappa shape index (κ2) is 10.6. The van der Waals surface area contributed by atoms with Crippen LogP contribution in [0, 0.1) is 5.82 Å². The van der Waals surface area contributed by atoms with Gasteiger partial charge in [0, 0.05) is 17.9 Å². The summed E-state index contributed by atoms with van der Waals surface area (Å²) in [4.78, 5) is 12.6. The average Bonchev–Trinajstić information content (AvgIpc) is 3.47. The quantitative estimate of drug-likeness (QED) is 0.362. The normalized spacial score (nSPS) is 15.6. The summed E-state index contributed by atoms with van der Waals surface area (Å²) in [5.41, 5.74) is 1.42. The van der Waals surface area contributed by atoms with Gasteiger partial charge in [0.25, 0.3) is 0 Å². The Bertz CT molecular complexity index is 1030. The van der Waals surface area contributed by atoms with E-state index < -0.39 is 0 Å². The molecule has 0 radical (unpaired) electrons. The van der Waals surface area contributed by atoms with Crippen molar-refractivity contribution in [2.45, 2.75) is 37.2 Å². The number of hydrogen-bond acceptors (Lipinski definition) is 7. The van der Waals surface area contributed by atoms with E-state index in [1.54, 1.807) is 43.5 Å². The maximum absolute atomic E-state index is 13.2. The number of aromatic nitrogens is 3. The van der Waals surface area contributed by atoms with Gasteiger partial charge in [-0.15, -0.1) is 10.2 Å². The van der Waals surface area contributed by atoms with Gasteiger partial charge in [-0.25, -0.2) is 4.39 Å². The fraction of sp³-hybridized carbons (Fsp3) is 0.348. The van der Waals surface area contributed by atoms with Crippen LogP contribution in [0.15, 0.2) is 53.7 Å². The fourth-order valence-corrected chi connectivity index (χ4v) is 4.33. The molecular weight excluding hydrogens is 431 g/mol. The third-order valence-electron chi connectivity index (χ3n) is 5.24. The number of hydrogen-bond donors (Lipinski definition) is 1. The van der Waals surface area contributed by atoms with Crippen LogP contribution in [0.1, 0.15) is 29.0 Å². The average molecular weight is 457 g/mol. The Kier molecular flexibility index (Phi) is 7.39. The SMILES string of the molecule is COc1ccc(C(=O)CSc2nnc(CNc3ccc(F)cc3)n2C[C@H]2CCCO2)cc1. The van der Waals surface area contributed by atoms with Crippen molar-refractivity contribution in [2.75, 3.05) is 24.8 Å². The van der Waals surface area contributed by atoms with E-state index >= 15 is 0 Å². The minimum Gasteiger partial charge on any atom is -0.497 e. The van der Waals surface area contributed by atoms with Crippen LogP contribution < -0.4 is 10.1 Å². The summed E-state index contributed by atoms with van der Waals surface area (Å²) in [5, 5.41) is 12.6. The van der Waals surface area contributed by atoms with Crippen molar-refractivity contribution in [3.05, 3.63) is 65.7 Å². The first kappa shape index (κ1) is 22.3. The molecular formula is C23H25FN4O3S. The molecule has 3 aromatic rings. The van der Waals surface area contributed by atoms with Gasteiger partial charge in [-0.1, -0.05) is 11.8 Å². The molecule has 0 spiro atoms. The number of halogens is 1. The fourth-order valence-electron chi connectivity index (χ4n) is 3.47. The monoisotopic (exact) mass is 456 g/mol. The number of carbonyl (C=O) groups excluding carboxylic acids is 1. The minimum atomic E-state index is -0.280. The van der Waals surface area contributed by atoms with Gasteiger partial charge in [-0.05, 0) is 61.4 Å². The molecule has 1 aliphatic rings. The first-order valence-electron chi connectivity index (χ1n) is 10.5. The van der Waals surface area contributed by atoms with Crippen LogP contribution in [0.2, 0.25) is 0 Å². The summed E-state index contributed by atoms with van der Waals surface area (Å²) in [6.07, 6.45) is 2.12. The van der Waals surface area contributed by atoms with Gasteiger partial charge >= 0.3 is 0 Å². The van der Waals surface area contributed by atoms with E-state index in [0.29, 0.717) is 29.6 Å². The number of carbonyl (C=O) groups is 1. The second-order valence-corrected chi connectivity index (χ2v) is 8.39. The Morgan fingerprint density at radius 1 is 1.22 bits per heavy atom. The number of nitrogens with zero attached hydrogens (tertiary/aromatic N) is 3. The van der Waals surface area contributed by atoms with Crippen molar-refractivity contribution < 1.29 is 18.7 Å².